The molecule has 0 saturated carbocycles. The minimum atomic E-state index is -0.296. The summed E-state index contributed by atoms with van der Waals surface area (Å²) in [6.45, 7) is 8.21. The number of pyridine rings is 1. The summed E-state index contributed by atoms with van der Waals surface area (Å²) in [5.74, 6) is 0.308. The number of amides is 2. The fourth-order valence-electron chi connectivity index (χ4n) is 4.36. The molecule has 0 atom stereocenters. The highest BCUT2D eigenvalue weighted by atomic mass is 16.2. The van der Waals surface area contributed by atoms with E-state index in [0.717, 1.165) is 59.6 Å². The molecule has 9 nitrogen and oxygen atoms in total. The van der Waals surface area contributed by atoms with Crippen molar-refractivity contribution in [1.82, 2.24) is 19.9 Å². The predicted octanol–water partition coefficient (Wildman–Crippen LogP) is 4.86. The molecule has 3 heterocycles. The largest absolute Gasteiger partial charge is 0.368 e. The molecule has 2 amide bonds. The molecule has 0 spiro atoms. The summed E-state index contributed by atoms with van der Waals surface area (Å²) in [5.41, 5.74) is 5.05. The van der Waals surface area contributed by atoms with Crippen LogP contribution in [0.5, 0.6) is 0 Å². The summed E-state index contributed by atoms with van der Waals surface area (Å²) < 4.78 is 0. The third kappa shape index (κ3) is 5.78. The molecule has 0 unspecified atom stereocenters. The Morgan fingerprint density at radius 2 is 1.74 bits per heavy atom. The van der Waals surface area contributed by atoms with Gasteiger partial charge in [-0.25, -0.2) is 9.97 Å². The van der Waals surface area contributed by atoms with E-state index in [0.29, 0.717) is 11.6 Å². The van der Waals surface area contributed by atoms with Crippen molar-refractivity contribution in [2.75, 3.05) is 41.7 Å². The van der Waals surface area contributed by atoms with E-state index in [1.165, 1.54) is 6.08 Å². The monoisotopic (exact) mass is 509 g/mol. The standard InChI is InChI=1S/C28H27N7O2.CH4/c1-3-26(37)31-23-15-21(16-29-18-23)25-6-4-5-20-17-30-28(33-27(20)25)32-22-7-9-24(10-8-22)35-13-11-34(12-14-35)19(2)36;/h3-10,15-18H,1,11-14H2,2H3,(H,31,37)(H,30,32,33);1H4. The third-order valence-electron chi connectivity index (χ3n) is 6.33. The highest BCUT2D eigenvalue weighted by Gasteiger charge is 2.18. The highest BCUT2D eigenvalue weighted by Crippen LogP contribution is 2.29. The maximum absolute atomic E-state index is 11.7. The Morgan fingerprint density at radius 1 is 0.974 bits per heavy atom. The van der Waals surface area contributed by atoms with Gasteiger partial charge in [0.25, 0.3) is 0 Å². The zero-order chi connectivity index (χ0) is 25.8. The van der Waals surface area contributed by atoms with E-state index in [1.807, 2.05) is 41.3 Å². The molecule has 1 aliphatic heterocycles. The number of carbonyl (C=O) groups excluding carboxylic acids is 2. The molecule has 0 bridgehead atoms. The van der Waals surface area contributed by atoms with Crippen LogP contribution < -0.4 is 15.5 Å². The van der Waals surface area contributed by atoms with Gasteiger partial charge < -0.3 is 20.4 Å². The van der Waals surface area contributed by atoms with Gasteiger partial charge in [-0.3, -0.25) is 14.6 Å². The van der Waals surface area contributed by atoms with E-state index in [9.17, 15) is 9.59 Å². The molecule has 0 aliphatic carbocycles. The predicted molar refractivity (Wildman–Crippen MR) is 153 cm³/mol. The van der Waals surface area contributed by atoms with Gasteiger partial charge in [-0.2, -0.15) is 0 Å². The van der Waals surface area contributed by atoms with Crippen LogP contribution in [0.2, 0.25) is 0 Å². The van der Waals surface area contributed by atoms with Crippen molar-refractivity contribution in [2.45, 2.75) is 14.4 Å². The molecule has 194 valence electrons. The second kappa shape index (κ2) is 11.5. The van der Waals surface area contributed by atoms with Crippen LogP contribution in [0.4, 0.5) is 23.0 Å². The average molecular weight is 510 g/mol. The summed E-state index contributed by atoms with van der Waals surface area (Å²) in [4.78, 5) is 41.0. The fraction of sp³-hybridized carbons (Fsp3) is 0.207. The molecule has 38 heavy (non-hydrogen) atoms. The van der Waals surface area contributed by atoms with Crippen LogP contribution >= 0.6 is 0 Å². The number of nitrogens with one attached hydrogen (secondary N) is 2. The Hall–Kier alpha value is -4.79. The number of aromatic nitrogens is 3. The molecule has 2 aromatic heterocycles. The number of anilines is 4. The van der Waals surface area contributed by atoms with Gasteiger partial charge in [-0.05, 0) is 36.4 Å². The first kappa shape index (κ1) is 26.3. The van der Waals surface area contributed by atoms with E-state index in [-0.39, 0.29) is 19.2 Å². The molecule has 5 rings (SSSR count). The summed E-state index contributed by atoms with van der Waals surface area (Å²) in [5, 5.41) is 6.93. The minimum Gasteiger partial charge on any atom is -0.368 e. The number of hydrogen-bond acceptors (Lipinski definition) is 7. The van der Waals surface area contributed by atoms with Gasteiger partial charge in [0, 0.05) is 73.4 Å². The maximum Gasteiger partial charge on any atom is 0.247 e. The minimum absolute atomic E-state index is 0. The van der Waals surface area contributed by atoms with E-state index >= 15 is 0 Å². The number of nitrogens with zero attached hydrogens (tertiary/aromatic N) is 5. The first-order valence-electron chi connectivity index (χ1n) is 12.0. The summed E-state index contributed by atoms with van der Waals surface area (Å²) in [7, 11) is 0. The number of piperazine rings is 1. The average Bonchev–Trinajstić information content (AvgIpc) is 2.93. The molecular formula is C29H31N7O2. The van der Waals surface area contributed by atoms with Crippen LogP contribution in [0.3, 0.4) is 0 Å². The quantitative estimate of drug-likeness (QED) is 0.358. The van der Waals surface area contributed by atoms with Crippen LogP contribution in [0.15, 0.2) is 79.8 Å². The Bertz CT molecular complexity index is 1460. The smallest absolute Gasteiger partial charge is 0.247 e. The van der Waals surface area contributed by atoms with Crippen LogP contribution in [-0.2, 0) is 9.59 Å². The Morgan fingerprint density at radius 3 is 2.45 bits per heavy atom. The van der Waals surface area contributed by atoms with Crippen molar-refractivity contribution in [3.05, 3.63) is 79.8 Å². The van der Waals surface area contributed by atoms with Gasteiger partial charge in [0.15, 0.2) is 0 Å². The molecule has 1 aliphatic rings. The second-order valence-corrected chi connectivity index (χ2v) is 8.76. The van der Waals surface area contributed by atoms with Gasteiger partial charge in [0.1, 0.15) is 0 Å². The molecule has 4 aromatic rings. The lowest BCUT2D eigenvalue weighted by Crippen LogP contribution is -2.48. The van der Waals surface area contributed by atoms with Gasteiger partial charge in [-0.15, -0.1) is 0 Å². The molecule has 0 radical (unpaired) electrons. The number of rotatable bonds is 6. The second-order valence-electron chi connectivity index (χ2n) is 8.76. The van der Waals surface area contributed by atoms with Crippen molar-refractivity contribution in [3.8, 4) is 11.1 Å². The number of hydrogen-bond donors (Lipinski definition) is 2. The summed E-state index contributed by atoms with van der Waals surface area (Å²) >= 11 is 0. The molecule has 2 aromatic carbocycles. The normalized spacial score (nSPS) is 13.0. The van der Waals surface area contributed by atoms with Gasteiger partial charge in [0.05, 0.1) is 17.4 Å². The number of benzene rings is 2. The molecule has 9 heteroatoms. The number of carbonyl (C=O) groups is 2. The van der Waals surface area contributed by atoms with E-state index in [2.05, 4.69) is 44.2 Å². The van der Waals surface area contributed by atoms with Gasteiger partial charge >= 0.3 is 0 Å². The number of para-hydroxylation sites is 1. The van der Waals surface area contributed by atoms with Crippen LogP contribution in [0.25, 0.3) is 22.0 Å². The highest BCUT2D eigenvalue weighted by molar-refractivity contribution is 6.00. The van der Waals surface area contributed by atoms with Crippen LogP contribution in [0, 0.1) is 0 Å². The third-order valence-corrected chi connectivity index (χ3v) is 6.33. The lowest BCUT2D eigenvalue weighted by molar-refractivity contribution is -0.129. The number of fused-ring (bicyclic) bond motifs is 1. The van der Waals surface area contributed by atoms with Gasteiger partial charge in [-0.1, -0.05) is 32.2 Å². The SMILES string of the molecule is C.C=CC(=O)Nc1cncc(-c2cccc3cnc(Nc4ccc(N5CCN(C(C)=O)CC5)cc4)nc23)c1. The van der Waals surface area contributed by atoms with Crippen molar-refractivity contribution < 1.29 is 9.59 Å². The van der Waals surface area contributed by atoms with Crippen molar-refractivity contribution in [3.63, 3.8) is 0 Å². The summed E-state index contributed by atoms with van der Waals surface area (Å²) in [6, 6.07) is 15.9. The van der Waals surface area contributed by atoms with Crippen LogP contribution in [-0.4, -0.2) is 57.8 Å². The van der Waals surface area contributed by atoms with E-state index in [1.54, 1.807) is 25.5 Å². The Labute approximate surface area is 222 Å². The van der Waals surface area contributed by atoms with Crippen molar-refractivity contribution >= 4 is 45.7 Å². The molecule has 1 fully saturated rings. The maximum atomic E-state index is 11.7. The fourth-order valence-corrected chi connectivity index (χ4v) is 4.36. The summed E-state index contributed by atoms with van der Waals surface area (Å²) in [6.07, 6.45) is 6.33. The first-order chi connectivity index (χ1) is 18.0. The lowest BCUT2D eigenvalue weighted by atomic mass is 10.0. The first-order valence-corrected chi connectivity index (χ1v) is 12.0. The van der Waals surface area contributed by atoms with Gasteiger partial charge in [0.2, 0.25) is 17.8 Å². The zero-order valence-corrected chi connectivity index (χ0v) is 20.5. The van der Waals surface area contributed by atoms with Crippen molar-refractivity contribution in [1.29, 1.82) is 0 Å². The molecular weight excluding hydrogens is 478 g/mol. The van der Waals surface area contributed by atoms with E-state index < -0.39 is 0 Å². The zero-order valence-electron chi connectivity index (χ0n) is 20.5. The Balaban J connectivity index is 0.00000336. The Kier molecular flexibility index (Phi) is 7.96. The molecule has 2 N–H and O–H groups in total. The van der Waals surface area contributed by atoms with Crippen LogP contribution in [0.1, 0.15) is 14.4 Å². The van der Waals surface area contributed by atoms with E-state index in [4.69, 9.17) is 4.98 Å². The topological polar surface area (TPSA) is 103 Å². The lowest BCUT2D eigenvalue weighted by Gasteiger charge is -2.35. The van der Waals surface area contributed by atoms with Crippen molar-refractivity contribution in [2.24, 2.45) is 0 Å². The molecule has 1 saturated heterocycles.